The lowest BCUT2D eigenvalue weighted by Gasteiger charge is -2.20. The van der Waals surface area contributed by atoms with Crippen LogP contribution in [-0.2, 0) is 21.4 Å². The number of carbonyl (C=O) groups is 1. The molecule has 0 unspecified atom stereocenters. The molecule has 0 saturated carbocycles. The zero-order valence-corrected chi connectivity index (χ0v) is 10.5. The highest BCUT2D eigenvalue weighted by atomic mass is 32.2. The maximum atomic E-state index is 12.0. The van der Waals surface area contributed by atoms with Gasteiger partial charge in [-0.05, 0) is 18.1 Å². The summed E-state index contributed by atoms with van der Waals surface area (Å²) in [5.74, 6) is 0. The van der Waals surface area contributed by atoms with E-state index in [-0.39, 0.29) is 6.54 Å². The smallest absolute Gasteiger partial charge is 0.422 e. The predicted octanol–water partition coefficient (Wildman–Crippen LogP) is 0.232. The molecule has 7 nitrogen and oxygen atoms in total. The van der Waals surface area contributed by atoms with Crippen molar-refractivity contribution in [1.29, 1.82) is 0 Å². The number of para-hydroxylation sites is 1. The summed E-state index contributed by atoms with van der Waals surface area (Å²) in [4.78, 5) is 11.0. The fourth-order valence-corrected chi connectivity index (χ4v) is 3.09. The predicted molar refractivity (Wildman–Crippen MR) is 66.4 cm³/mol. The minimum absolute atomic E-state index is 0.246. The first kappa shape index (κ1) is 12.5. The maximum Gasteiger partial charge on any atom is 0.422 e. The number of amides is 1. The average molecular weight is 271 g/mol. The summed E-state index contributed by atoms with van der Waals surface area (Å²) in [6, 6.07) is 5.18. The number of nitrogens with one attached hydrogen (secondary N) is 1. The molecule has 18 heavy (non-hydrogen) atoms. The first-order valence-corrected chi connectivity index (χ1v) is 6.65. The molecule has 1 aliphatic heterocycles. The number of carbonyl (C=O) groups excluding carboxylic acids is 1. The monoisotopic (exact) mass is 271 g/mol. The quantitative estimate of drug-likeness (QED) is 0.750. The number of hydrogen-bond acceptors (Lipinski definition) is 5. The highest BCUT2D eigenvalue weighted by Gasteiger charge is 2.32. The van der Waals surface area contributed by atoms with Crippen molar-refractivity contribution in [3.63, 3.8) is 0 Å². The van der Waals surface area contributed by atoms with Gasteiger partial charge in [-0.3, -0.25) is 4.31 Å². The third-order valence-corrected chi connectivity index (χ3v) is 4.04. The van der Waals surface area contributed by atoms with Crippen molar-refractivity contribution in [3.8, 4) is 0 Å². The van der Waals surface area contributed by atoms with E-state index in [1.807, 2.05) is 0 Å². The van der Waals surface area contributed by atoms with E-state index >= 15 is 0 Å². The Hall–Kier alpha value is -1.96. The van der Waals surface area contributed by atoms with Crippen molar-refractivity contribution < 1.29 is 17.9 Å². The van der Waals surface area contributed by atoms with Gasteiger partial charge < -0.3 is 10.5 Å². The van der Waals surface area contributed by atoms with Gasteiger partial charge in [0.25, 0.3) is 0 Å². The van der Waals surface area contributed by atoms with Crippen molar-refractivity contribution in [2.45, 2.75) is 6.42 Å². The van der Waals surface area contributed by atoms with Crippen molar-refractivity contribution in [3.05, 3.63) is 23.8 Å². The van der Waals surface area contributed by atoms with E-state index in [0.717, 1.165) is 17.0 Å². The lowest BCUT2D eigenvalue weighted by atomic mass is 10.1. The van der Waals surface area contributed by atoms with Crippen LogP contribution in [0.2, 0.25) is 0 Å². The SMILES string of the molecule is COC(=O)NS(=O)(=O)N1CCc2cccc(N)c21. The van der Waals surface area contributed by atoms with E-state index in [4.69, 9.17) is 5.73 Å². The normalized spacial score (nSPS) is 14.2. The second-order valence-corrected chi connectivity index (χ2v) is 5.37. The first-order chi connectivity index (χ1) is 8.45. The molecule has 3 N–H and O–H groups in total. The minimum Gasteiger partial charge on any atom is -0.452 e. The summed E-state index contributed by atoms with van der Waals surface area (Å²) < 4.78 is 31.1. The lowest BCUT2D eigenvalue weighted by molar-refractivity contribution is 0.177. The van der Waals surface area contributed by atoms with Gasteiger partial charge >= 0.3 is 16.3 Å². The van der Waals surface area contributed by atoms with Crippen molar-refractivity contribution in [1.82, 2.24) is 4.72 Å². The van der Waals surface area contributed by atoms with Crippen LogP contribution in [0.3, 0.4) is 0 Å². The van der Waals surface area contributed by atoms with E-state index in [9.17, 15) is 13.2 Å². The number of rotatable bonds is 2. The summed E-state index contributed by atoms with van der Waals surface area (Å²) in [5.41, 5.74) is 7.40. The lowest BCUT2D eigenvalue weighted by Crippen LogP contribution is -2.43. The molecule has 1 aliphatic rings. The molecule has 0 aromatic heterocycles. The van der Waals surface area contributed by atoms with E-state index in [1.54, 1.807) is 22.9 Å². The number of fused-ring (bicyclic) bond motifs is 1. The third kappa shape index (κ3) is 2.06. The highest BCUT2D eigenvalue weighted by molar-refractivity contribution is 7.91. The van der Waals surface area contributed by atoms with Gasteiger partial charge in [0, 0.05) is 6.54 Å². The zero-order chi connectivity index (χ0) is 13.3. The van der Waals surface area contributed by atoms with Gasteiger partial charge in [0.05, 0.1) is 18.5 Å². The van der Waals surface area contributed by atoms with Crippen LogP contribution in [0, 0.1) is 0 Å². The summed E-state index contributed by atoms with van der Waals surface area (Å²) >= 11 is 0. The number of hydrogen-bond donors (Lipinski definition) is 2. The van der Waals surface area contributed by atoms with E-state index in [0.29, 0.717) is 17.8 Å². The molecule has 0 aliphatic carbocycles. The van der Waals surface area contributed by atoms with Crippen LogP contribution in [0.25, 0.3) is 0 Å². The molecule has 1 aromatic rings. The number of anilines is 2. The van der Waals surface area contributed by atoms with E-state index in [2.05, 4.69) is 4.74 Å². The summed E-state index contributed by atoms with van der Waals surface area (Å²) in [6.45, 7) is 0.246. The molecule has 98 valence electrons. The Kier molecular flexibility index (Phi) is 3.04. The van der Waals surface area contributed by atoms with Gasteiger partial charge in [-0.15, -0.1) is 0 Å². The molecule has 1 aromatic carbocycles. The highest BCUT2D eigenvalue weighted by Crippen LogP contribution is 2.34. The minimum atomic E-state index is -3.98. The molecule has 1 amide bonds. The number of benzene rings is 1. The van der Waals surface area contributed by atoms with Crippen molar-refractivity contribution >= 4 is 27.7 Å². The molecular formula is C10H13N3O4S. The standard InChI is InChI=1S/C10H13N3O4S/c1-17-10(14)12-18(15,16)13-6-5-7-3-2-4-8(11)9(7)13/h2-4H,5-6,11H2,1H3,(H,12,14). The van der Waals surface area contributed by atoms with Crippen molar-refractivity contribution in [2.24, 2.45) is 0 Å². The van der Waals surface area contributed by atoms with Crippen LogP contribution in [-0.4, -0.2) is 28.2 Å². The van der Waals surface area contributed by atoms with Gasteiger partial charge in [-0.1, -0.05) is 12.1 Å². The number of nitrogens with two attached hydrogens (primary N) is 1. The fourth-order valence-electron chi connectivity index (χ4n) is 1.89. The fraction of sp³-hybridized carbons (Fsp3) is 0.300. The summed E-state index contributed by atoms with van der Waals surface area (Å²) in [5, 5.41) is 0. The molecule has 1 heterocycles. The van der Waals surface area contributed by atoms with Crippen LogP contribution in [0.15, 0.2) is 18.2 Å². The summed E-state index contributed by atoms with van der Waals surface area (Å²) in [7, 11) is -2.88. The van der Waals surface area contributed by atoms with Crippen LogP contribution in [0.5, 0.6) is 0 Å². The molecule has 0 spiro atoms. The van der Waals surface area contributed by atoms with Gasteiger partial charge in [0.1, 0.15) is 0 Å². The molecule has 0 radical (unpaired) electrons. The number of methoxy groups -OCH3 is 1. The van der Waals surface area contributed by atoms with Gasteiger partial charge in [0.2, 0.25) is 0 Å². The third-order valence-electron chi connectivity index (χ3n) is 2.67. The van der Waals surface area contributed by atoms with Crippen molar-refractivity contribution in [2.75, 3.05) is 23.7 Å². The summed E-state index contributed by atoms with van der Waals surface area (Å²) in [6.07, 6.45) is -0.472. The average Bonchev–Trinajstić information content (AvgIpc) is 2.74. The molecule has 0 atom stereocenters. The van der Waals surface area contributed by atoms with Gasteiger partial charge in [-0.2, -0.15) is 8.42 Å². The molecule has 0 saturated heterocycles. The number of nitrogens with zero attached hydrogens (tertiary/aromatic N) is 1. The molecule has 0 bridgehead atoms. The molecular weight excluding hydrogens is 258 g/mol. The Labute approximate surface area is 105 Å². The second-order valence-electron chi connectivity index (χ2n) is 3.78. The number of ether oxygens (including phenoxy) is 1. The van der Waals surface area contributed by atoms with E-state index < -0.39 is 16.3 Å². The largest absolute Gasteiger partial charge is 0.452 e. The Morgan fingerprint density at radius 2 is 2.22 bits per heavy atom. The molecule has 8 heteroatoms. The Morgan fingerprint density at radius 3 is 2.89 bits per heavy atom. The number of nitrogen functional groups attached to an aromatic ring is 1. The second kappa shape index (κ2) is 4.37. The van der Waals surface area contributed by atoms with Gasteiger partial charge in [-0.25, -0.2) is 9.52 Å². The maximum absolute atomic E-state index is 12.0. The van der Waals surface area contributed by atoms with Crippen LogP contribution >= 0.6 is 0 Å². The zero-order valence-electron chi connectivity index (χ0n) is 9.71. The topological polar surface area (TPSA) is 102 Å². The molecule has 2 rings (SSSR count). The Bertz CT molecular complexity index is 585. The Morgan fingerprint density at radius 1 is 1.50 bits per heavy atom. The molecule has 0 fully saturated rings. The van der Waals surface area contributed by atoms with Crippen LogP contribution in [0.1, 0.15) is 5.56 Å². The Balaban J connectivity index is 2.36. The first-order valence-electron chi connectivity index (χ1n) is 5.21. The van der Waals surface area contributed by atoms with Gasteiger partial charge in [0.15, 0.2) is 0 Å². The van der Waals surface area contributed by atoms with E-state index in [1.165, 1.54) is 0 Å². The van der Waals surface area contributed by atoms with Crippen LogP contribution < -0.4 is 14.8 Å². The van der Waals surface area contributed by atoms with Crippen LogP contribution in [0.4, 0.5) is 16.2 Å².